The Hall–Kier alpha value is -5.15. The molecule has 0 atom stereocenters. The average Bonchev–Trinajstić information content (AvgIpc) is 3.63. The molecule has 0 radical (unpaired) electrons. The van der Waals surface area contributed by atoms with Crippen LogP contribution in [-0.4, -0.2) is 55.7 Å². The predicted octanol–water partition coefficient (Wildman–Crippen LogP) is 5.08. The van der Waals surface area contributed by atoms with Crippen molar-refractivity contribution in [1.82, 2.24) is 39.8 Å². The second-order valence-corrected chi connectivity index (χ2v) is 12.3. The summed E-state index contributed by atoms with van der Waals surface area (Å²) < 4.78 is 56.2. The van der Waals surface area contributed by atoms with E-state index in [1.807, 2.05) is 6.92 Å². The predicted molar refractivity (Wildman–Crippen MR) is 165 cm³/mol. The summed E-state index contributed by atoms with van der Waals surface area (Å²) in [5, 5.41) is 9.89. The number of sulfonamides is 1. The van der Waals surface area contributed by atoms with Gasteiger partial charge in [-0.2, -0.15) is 5.10 Å². The number of benzene rings is 1. The third-order valence-electron chi connectivity index (χ3n) is 7.01. The molecule has 230 valence electrons. The maximum Gasteiger partial charge on any atom is 0.224 e. The van der Waals surface area contributed by atoms with Crippen LogP contribution in [-0.2, 0) is 21.4 Å². The van der Waals surface area contributed by atoms with Crippen molar-refractivity contribution < 1.29 is 22.0 Å². The summed E-state index contributed by atoms with van der Waals surface area (Å²) in [6, 6.07) is 7.41. The summed E-state index contributed by atoms with van der Waals surface area (Å²) in [5.41, 5.74) is 3.35. The van der Waals surface area contributed by atoms with Gasteiger partial charge in [-0.15, -0.1) is 0 Å². The first-order valence-electron chi connectivity index (χ1n) is 14.0. The molecule has 5 heterocycles. The number of aromatic amines is 2. The first-order valence-corrected chi connectivity index (χ1v) is 15.9. The number of hydrogen-bond donors (Lipinski definition) is 4. The van der Waals surface area contributed by atoms with Gasteiger partial charge < -0.3 is 10.3 Å². The Morgan fingerprint density at radius 1 is 1.02 bits per heavy atom. The number of pyridine rings is 3. The van der Waals surface area contributed by atoms with Crippen LogP contribution < -0.4 is 10.0 Å². The molecule has 5 aromatic heterocycles. The lowest BCUT2D eigenvalue weighted by molar-refractivity contribution is -0.116. The number of amides is 1. The lowest BCUT2D eigenvalue weighted by atomic mass is 10.1. The fourth-order valence-electron chi connectivity index (χ4n) is 4.91. The van der Waals surface area contributed by atoms with Crippen LogP contribution in [0.3, 0.4) is 0 Å². The van der Waals surface area contributed by atoms with Crippen molar-refractivity contribution in [2.75, 3.05) is 11.6 Å². The minimum absolute atomic E-state index is 0.0818. The molecule has 1 aromatic carbocycles. The Balaban J connectivity index is 1.38. The van der Waals surface area contributed by atoms with Crippen molar-refractivity contribution in [2.45, 2.75) is 32.7 Å². The first kappa shape index (κ1) is 29.9. The maximum atomic E-state index is 16.2. The third kappa shape index (κ3) is 6.39. The molecule has 0 bridgehead atoms. The molecular weight excluding hydrogens is 604 g/mol. The van der Waals surface area contributed by atoms with E-state index in [0.717, 1.165) is 19.1 Å². The number of hydrogen-bond acceptors (Lipinski definition) is 8. The van der Waals surface area contributed by atoms with Gasteiger partial charge in [-0.25, -0.2) is 31.9 Å². The number of fused-ring (bicyclic) bond motifs is 2. The van der Waals surface area contributed by atoms with E-state index in [1.165, 1.54) is 36.9 Å². The molecule has 0 aliphatic carbocycles. The highest BCUT2D eigenvalue weighted by Crippen LogP contribution is 2.34. The number of halogens is 2. The lowest BCUT2D eigenvalue weighted by Gasteiger charge is -2.08. The monoisotopic (exact) mass is 631 g/mol. The van der Waals surface area contributed by atoms with E-state index >= 15 is 4.39 Å². The van der Waals surface area contributed by atoms with Crippen molar-refractivity contribution in [3.05, 3.63) is 72.3 Å². The van der Waals surface area contributed by atoms with Crippen LogP contribution in [0.15, 0.2) is 55.1 Å². The van der Waals surface area contributed by atoms with Gasteiger partial charge in [-0.3, -0.25) is 19.9 Å². The van der Waals surface area contributed by atoms with Gasteiger partial charge in [0.1, 0.15) is 22.8 Å². The summed E-state index contributed by atoms with van der Waals surface area (Å²) >= 11 is 0. The Kier molecular flexibility index (Phi) is 8.03. The summed E-state index contributed by atoms with van der Waals surface area (Å²) in [6.45, 7) is 1.89. The number of nitrogens with zero attached hydrogens (tertiary/aromatic N) is 5. The van der Waals surface area contributed by atoms with Crippen LogP contribution in [0, 0.1) is 11.6 Å². The zero-order chi connectivity index (χ0) is 31.7. The topological polar surface area (TPSA) is 171 Å². The molecule has 0 aliphatic heterocycles. The number of carbonyl (C=O) groups excluding carboxylic acids is 1. The number of nitrogens with one attached hydrogen (secondary N) is 4. The minimum Gasteiger partial charge on any atom is -0.336 e. The number of H-pyrrole nitrogens is 2. The zero-order valence-electron chi connectivity index (χ0n) is 24.1. The first-order chi connectivity index (χ1) is 21.6. The van der Waals surface area contributed by atoms with Gasteiger partial charge in [0.05, 0.1) is 34.7 Å². The summed E-state index contributed by atoms with van der Waals surface area (Å²) in [7, 11) is -3.49. The van der Waals surface area contributed by atoms with Crippen LogP contribution >= 0.6 is 0 Å². The molecule has 0 aliphatic rings. The van der Waals surface area contributed by atoms with Crippen molar-refractivity contribution in [3.8, 4) is 33.9 Å². The van der Waals surface area contributed by atoms with Gasteiger partial charge in [0, 0.05) is 48.2 Å². The van der Waals surface area contributed by atoms with Crippen LogP contribution in [0.5, 0.6) is 0 Å². The highest BCUT2D eigenvalue weighted by Gasteiger charge is 2.22. The number of unbranched alkanes of at least 4 members (excludes halogenated alkanes) is 1. The van der Waals surface area contributed by atoms with Crippen LogP contribution in [0.1, 0.15) is 31.7 Å². The fourth-order valence-corrected chi connectivity index (χ4v) is 5.33. The van der Waals surface area contributed by atoms with Crippen LogP contribution in [0.2, 0.25) is 0 Å². The van der Waals surface area contributed by atoms with E-state index in [4.69, 9.17) is 0 Å². The van der Waals surface area contributed by atoms with Gasteiger partial charge in [-0.1, -0.05) is 13.3 Å². The van der Waals surface area contributed by atoms with Crippen molar-refractivity contribution in [1.29, 1.82) is 0 Å². The Morgan fingerprint density at radius 3 is 2.67 bits per heavy atom. The van der Waals surface area contributed by atoms with Gasteiger partial charge >= 0.3 is 0 Å². The lowest BCUT2D eigenvalue weighted by Crippen LogP contribution is -2.21. The van der Waals surface area contributed by atoms with E-state index in [9.17, 15) is 17.6 Å². The van der Waals surface area contributed by atoms with Crippen molar-refractivity contribution in [2.24, 2.45) is 0 Å². The standard InChI is InChI=1S/C30H27F2N9O3S/c1-3-4-5-23(42)37-20-11-18(13-33-14-20)21-15-35-29-24(25(21)32)28(40-41-29)30-38-22-6-7-34-26(27(22)39-30)17-8-16(9-19(31)10-17)12-36-45(2,43)44/h6-11,13-15,36H,3-5,12H2,1-2H3,(H,37,42)(H,38,39)(H,35,40,41). The van der Waals surface area contributed by atoms with Crippen LogP contribution in [0.4, 0.5) is 14.5 Å². The number of carbonyl (C=O) groups is 1. The Morgan fingerprint density at radius 2 is 1.87 bits per heavy atom. The number of rotatable bonds is 10. The van der Waals surface area contributed by atoms with E-state index in [2.05, 4.69) is 45.2 Å². The summed E-state index contributed by atoms with van der Waals surface area (Å²) in [6.07, 6.45) is 8.87. The Bertz CT molecular complexity index is 2180. The molecule has 15 heteroatoms. The molecule has 4 N–H and O–H groups in total. The van der Waals surface area contributed by atoms with Gasteiger partial charge in [-0.05, 0) is 42.3 Å². The summed E-state index contributed by atoms with van der Waals surface area (Å²) in [4.78, 5) is 32.9. The van der Waals surface area contributed by atoms with Gasteiger partial charge in [0.15, 0.2) is 11.5 Å². The molecule has 45 heavy (non-hydrogen) atoms. The molecule has 0 saturated heterocycles. The van der Waals surface area contributed by atoms with E-state index in [1.54, 1.807) is 18.2 Å². The minimum atomic E-state index is -3.49. The van der Waals surface area contributed by atoms with Crippen LogP contribution in [0.25, 0.3) is 56.0 Å². The van der Waals surface area contributed by atoms with E-state index in [0.29, 0.717) is 45.5 Å². The molecule has 12 nitrogen and oxygen atoms in total. The normalized spacial score (nSPS) is 11.8. The van der Waals surface area contributed by atoms with Gasteiger partial charge in [0.25, 0.3) is 0 Å². The molecule has 1 amide bonds. The molecule has 0 fully saturated rings. The second kappa shape index (κ2) is 12.1. The highest BCUT2D eigenvalue weighted by atomic mass is 32.2. The zero-order valence-corrected chi connectivity index (χ0v) is 25.0. The summed E-state index contributed by atoms with van der Waals surface area (Å²) in [5.74, 6) is -1.13. The third-order valence-corrected chi connectivity index (χ3v) is 7.68. The molecule has 0 spiro atoms. The average molecular weight is 632 g/mol. The van der Waals surface area contributed by atoms with E-state index in [-0.39, 0.29) is 40.6 Å². The fraction of sp³-hybridized carbons (Fsp3) is 0.200. The molecule has 0 unspecified atom stereocenters. The Labute approximate surface area is 255 Å². The molecule has 0 saturated carbocycles. The smallest absolute Gasteiger partial charge is 0.224 e. The molecular formula is C30H27F2N9O3S. The SMILES string of the molecule is CCCCC(=O)Nc1cncc(-c2cnc3[nH]nc(-c4nc5c(-c6cc(F)cc(CNS(C)(=O)=O)c6)nccc5[nH]4)c3c2F)c1. The second-order valence-electron chi connectivity index (χ2n) is 10.5. The van der Waals surface area contributed by atoms with E-state index < -0.39 is 21.7 Å². The maximum absolute atomic E-state index is 16.2. The van der Waals surface area contributed by atoms with Crippen molar-refractivity contribution in [3.63, 3.8) is 0 Å². The molecule has 6 aromatic rings. The van der Waals surface area contributed by atoms with Gasteiger partial charge in [0.2, 0.25) is 15.9 Å². The quantitative estimate of drug-likeness (QED) is 0.162. The largest absolute Gasteiger partial charge is 0.336 e. The number of imidazole rings is 1. The number of aromatic nitrogens is 7. The highest BCUT2D eigenvalue weighted by molar-refractivity contribution is 7.88. The molecule has 6 rings (SSSR count). The number of anilines is 1. The van der Waals surface area contributed by atoms with Crippen molar-refractivity contribution >= 4 is 43.7 Å².